The van der Waals surface area contributed by atoms with Crippen molar-refractivity contribution in [1.29, 1.82) is 0 Å². The third-order valence-electron chi connectivity index (χ3n) is 8.59. The molecule has 0 rings (SSSR count). The van der Waals surface area contributed by atoms with Crippen molar-refractivity contribution in [2.45, 2.75) is 168 Å². The van der Waals surface area contributed by atoms with Gasteiger partial charge in [0.2, 0.25) is 0 Å². The van der Waals surface area contributed by atoms with E-state index >= 15 is 0 Å². The molecule has 0 radical (unpaired) electrons. The highest BCUT2D eigenvalue weighted by Crippen LogP contribution is 2.43. The highest BCUT2D eigenvalue weighted by Gasteiger charge is 2.26. The van der Waals surface area contributed by atoms with Gasteiger partial charge in [0, 0.05) is 13.0 Å². The quantitative estimate of drug-likeness (QED) is 0.0221. The van der Waals surface area contributed by atoms with Crippen molar-refractivity contribution < 1.29 is 37.3 Å². The normalized spacial score (nSPS) is 14.3. The van der Waals surface area contributed by atoms with Crippen LogP contribution in [0.2, 0.25) is 0 Å². The maximum atomic E-state index is 12.7. The van der Waals surface area contributed by atoms with E-state index in [1.165, 1.54) is 83.5 Å². The Morgan fingerprint density at radius 2 is 1.10 bits per heavy atom. The van der Waals surface area contributed by atoms with Crippen LogP contribution in [0.5, 0.6) is 0 Å². The van der Waals surface area contributed by atoms with E-state index in [1.54, 1.807) is 0 Å². The number of phosphoric ester groups is 1. The first-order chi connectivity index (χ1) is 25.1. The van der Waals surface area contributed by atoms with Crippen molar-refractivity contribution in [1.82, 2.24) is 0 Å². The number of carbonyl (C=O) groups excluding carboxylic acids is 1. The van der Waals surface area contributed by atoms with Gasteiger partial charge < -0.3 is 18.9 Å². The van der Waals surface area contributed by atoms with Gasteiger partial charge >= 0.3 is 13.8 Å². The molecule has 0 aliphatic heterocycles. The van der Waals surface area contributed by atoms with Gasteiger partial charge in [-0.1, -0.05) is 133 Å². The predicted molar refractivity (Wildman–Crippen MR) is 219 cm³/mol. The highest BCUT2D eigenvalue weighted by molar-refractivity contribution is 7.47. The molecule has 1 N–H and O–H groups in total. The zero-order chi connectivity index (χ0) is 38.4. The third-order valence-corrected chi connectivity index (χ3v) is 9.58. The van der Waals surface area contributed by atoms with Gasteiger partial charge in [-0.25, -0.2) is 4.57 Å². The molecular weight excluding hydrogens is 673 g/mol. The Kier molecular flexibility index (Phi) is 35.4. The van der Waals surface area contributed by atoms with Crippen molar-refractivity contribution in [3.63, 3.8) is 0 Å². The molecule has 0 bridgehead atoms. The van der Waals surface area contributed by atoms with E-state index in [0.717, 1.165) is 57.8 Å². The van der Waals surface area contributed by atoms with Crippen LogP contribution in [0.4, 0.5) is 0 Å². The minimum atomic E-state index is -4.28. The van der Waals surface area contributed by atoms with Crippen LogP contribution in [0.25, 0.3) is 0 Å². The zero-order valence-corrected chi connectivity index (χ0v) is 35.2. The van der Waals surface area contributed by atoms with E-state index in [9.17, 15) is 14.3 Å². The summed E-state index contributed by atoms with van der Waals surface area (Å²) in [6, 6.07) is 0. The number of ether oxygens (including phenoxy) is 2. The summed E-state index contributed by atoms with van der Waals surface area (Å²) < 4.78 is 34.9. The number of allylic oxidation sites excluding steroid dienone is 8. The lowest BCUT2D eigenvalue weighted by atomic mass is 10.1. The molecule has 0 spiro atoms. The fourth-order valence-corrected chi connectivity index (χ4v) is 6.07. The summed E-state index contributed by atoms with van der Waals surface area (Å²) in [5.41, 5.74) is 0. The first-order valence-electron chi connectivity index (χ1n) is 20.9. The molecule has 0 saturated heterocycles. The van der Waals surface area contributed by atoms with Crippen LogP contribution in [-0.2, 0) is 27.9 Å². The van der Waals surface area contributed by atoms with E-state index in [-0.39, 0.29) is 25.8 Å². The van der Waals surface area contributed by atoms with Gasteiger partial charge in [0.1, 0.15) is 19.3 Å². The van der Waals surface area contributed by atoms with Crippen LogP contribution in [-0.4, -0.2) is 75.6 Å². The molecule has 0 saturated carbocycles. The Morgan fingerprint density at radius 1 is 0.596 bits per heavy atom. The Labute approximate surface area is 320 Å². The molecule has 2 unspecified atom stereocenters. The summed E-state index contributed by atoms with van der Waals surface area (Å²) in [5.74, 6) is -0.331. The van der Waals surface area contributed by atoms with Gasteiger partial charge in [0.05, 0.1) is 34.4 Å². The van der Waals surface area contributed by atoms with Crippen LogP contribution in [0.1, 0.15) is 162 Å². The van der Waals surface area contributed by atoms with Gasteiger partial charge in [0.15, 0.2) is 0 Å². The van der Waals surface area contributed by atoms with E-state index in [1.807, 2.05) is 21.1 Å². The maximum Gasteiger partial charge on any atom is 0.472 e. The second kappa shape index (κ2) is 36.4. The number of esters is 1. The Morgan fingerprint density at radius 3 is 1.67 bits per heavy atom. The van der Waals surface area contributed by atoms with Gasteiger partial charge in [-0.05, 0) is 70.6 Å². The topological polar surface area (TPSA) is 91.3 Å². The Hall–Kier alpha value is -1.54. The van der Waals surface area contributed by atoms with Crippen molar-refractivity contribution in [3.8, 4) is 0 Å². The van der Waals surface area contributed by atoms with E-state index in [4.69, 9.17) is 18.5 Å². The van der Waals surface area contributed by atoms with Gasteiger partial charge in [-0.2, -0.15) is 0 Å². The van der Waals surface area contributed by atoms with Crippen LogP contribution in [0, 0.1) is 0 Å². The van der Waals surface area contributed by atoms with Crippen LogP contribution < -0.4 is 0 Å². The first-order valence-corrected chi connectivity index (χ1v) is 22.4. The average Bonchev–Trinajstić information content (AvgIpc) is 3.09. The summed E-state index contributed by atoms with van der Waals surface area (Å²) in [6.07, 6.45) is 42.8. The van der Waals surface area contributed by atoms with Crippen molar-refractivity contribution >= 4 is 13.8 Å². The molecule has 0 aromatic carbocycles. The van der Waals surface area contributed by atoms with Gasteiger partial charge in [0.25, 0.3) is 0 Å². The number of quaternary nitrogens is 1. The van der Waals surface area contributed by atoms with E-state index in [0.29, 0.717) is 24.1 Å². The molecular formula is C43H81NO7P+. The molecule has 0 heterocycles. The number of nitrogens with zero attached hydrogens (tertiary/aromatic N) is 1. The summed E-state index contributed by atoms with van der Waals surface area (Å²) in [7, 11) is 1.65. The third kappa shape index (κ3) is 39.7. The second-order valence-corrected chi connectivity index (χ2v) is 16.5. The molecule has 9 heteroatoms. The lowest BCUT2D eigenvalue weighted by Crippen LogP contribution is -2.37. The van der Waals surface area contributed by atoms with Gasteiger partial charge in [-0.15, -0.1) is 0 Å². The van der Waals surface area contributed by atoms with Crippen LogP contribution in [0.15, 0.2) is 48.6 Å². The average molecular weight is 755 g/mol. The Bertz CT molecular complexity index is 973. The monoisotopic (exact) mass is 755 g/mol. The number of likely N-dealkylation sites (N-methyl/N-ethyl adjacent to an activating group) is 1. The van der Waals surface area contributed by atoms with Crippen molar-refractivity contribution in [3.05, 3.63) is 48.6 Å². The van der Waals surface area contributed by atoms with Crippen molar-refractivity contribution in [2.75, 3.05) is 54.1 Å². The molecule has 304 valence electrons. The fraction of sp³-hybridized carbons (Fsp3) is 0.791. The summed E-state index contributed by atoms with van der Waals surface area (Å²) in [4.78, 5) is 22.8. The molecule has 0 aromatic heterocycles. The standard InChI is InChI=1S/C43H80NO7P/c1-6-8-10-12-14-16-18-19-20-21-22-23-24-25-26-28-30-32-34-36-43(45)51-42(41-50-52(46,47)49-39-37-44(3,4)5)40-48-38-35-33-31-29-27-17-15-13-11-9-7-2/h11,13-14,16,19-20,22-23,42H,6-10,12,15,17-18,21,24-41H2,1-5H3/p+1/b13-11-,16-14-,20-19-,23-22-. The maximum absolute atomic E-state index is 12.7. The lowest BCUT2D eigenvalue weighted by molar-refractivity contribution is -0.870. The number of phosphoric acid groups is 1. The Balaban J connectivity index is 4.27. The molecule has 0 aliphatic carbocycles. The van der Waals surface area contributed by atoms with E-state index in [2.05, 4.69) is 62.5 Å². The lowest BCUT2D eigenvalue weighted by Gasteiger charge is -2.24. The molecule has 0 amide bonds. The van der Waals surface area contributed by atoms with Crippen LogP contribution >= 0.6 is 7.82 Å². The zero-order valence-electron chi connectivity index (χ0n) is 34.3. The smallest absolute Gasteiger partial charge is 0.457 e. The number of rotatable bonds is 38. The minimum Gasteiger partial charge on any atom is -0.457 e. The number of hydrogen-bond acceptors (Lipinski definition) is 6. The SMILES string of the molecule is CCC/C=C\CCCCCCCCOCC(COP(=O)(O)OCC[N+](C)(C)C)OC(=O)CCCCCCCC/C=C\C/C=C\C/C=C\CCCCC. The number of unbranched alkanes of at least 4 members (excludes halogenated alkanes) is 16. The first kappa shape index (κ1) is 50.5. The number of carbonyl (C=O) groups is 1. The summed E-state index contributed by atoms with van der Waals surface area (Å²) in [6.45, 7) is 5.50. The minimum absolute atomic E-state index is 0.0830. The molecule has 8 nitrogen and oxygen atoms in total. The molecule has 0 fully saturated rings. The fourth-order valence-electron chi connectivity index (χ4n) is 5.32. The molecule has 52 heavy (non-hydrogen) atoms. The number of hydrogen-bond donors (Lipinski definition) is 1. The molecule has 0 aliphatic rings. The van der Waals surface area contributed by atoms with Crippen LogP contribution in [0.3, 0.4) is 0 Å². The summed E-state index contributed by atoms with van der Waals surface area (Å²) >= 11 is 0. The highest BCUT2D eigenvalue weighted by atomic mass is 31.2. The predicted octanol–water partition coefficient (Wildman–Crippen LogP) is 12.0. The summed E-state index contributed by atoms with van der Waals surface area (Å²) in [5, 5.41) is 0. The van der Waals surface area contributed by atoms with Gasteiger partial charge in [-0.3, -0.25) is 13.8 Å². The van der Waals surface area contributed by atoms with E-state index < -0.39 is 13.9 Å². The largest absolute Gasteiger partial charge is 0.472 e. The molecule has 0 aromatic rings. The van der Waals surface area contributed by atoms with Crippen molar-refractivity contribution in [2.24, 2.45) is 0 Å². The second-order valence-electron chi connectivity index (χ2n) is 15.0. The molecule has 2 atom stereocenters.